The van der Waals surface area contributed by atoms with Gasteiger partial charge in [-0.1, -0.05) is 84.3 Å². The summed E-state index contributed by atoms with van der Waals surface area (Å²) in [6.07, 6.45) is 0. The van der Waals surface area contributed by atoms with E-state index in [-0.39, 0.29) is 0 Å². The molecule has 0 radical (unpaired) electrons. The summed E-state index contributed by atoms with van der Waals surface area (Å²) in [6.45, 7) is 6.19. The lowest BCUT2D eigenvalue weighted by Crippen LogP contribution is -2.14. The Morgan fingerprint density at radius 3 is 1.60 bits per heavy atom. The lowest BCUT2D eigenvalue weighted by atomic mass is 10.0. The van der Waals surface area contributed by atoms with Crippen molar-refractivity contribution < 1.29 is 4.57 Å². The lowest BCUT2D eigenvalue weighted by molar-refractivity contribution is 0.593. The summed E-state index contributed by atoms with van der Waals surface area (Å²) < 4.78 is 13.9. The van der Waals surface area contributed by atoms with E-state index in [0.717, 1.165) is 27.3 Å². The average Bonchev–Trinajstić information content (AvgIpc) is 2.62. The van der Waals surface area contributed by atoms with Crippen LogP contribution >= 0.6 is 7.14 Å². The molecule has 0 spiro atoms. The van der Waals surface area contributed by atoms with Crippen LogP contribution in [0, 0.1) is 32.4 Å². The Labute approximate surface area is 150 Å². The monoisotopic (exact) mass is 344 g/mol. The Hall–Kier alpha value is -2.55. The van der Waals surface area contributed by atoms with E-state index in [0.29, 0.717) is 0 Å². The van der Waals surface area contributed by atoms with Crippen molar-refractivity contribution in [2.24, 2.45) is 0 Å². The zero-order valence-corrected chi connectivity index (χ0v) is 15.7. The van der Waals surface area contributed by atoms with Crippen LogP contribution in [0.1, 0.15) is 22.3 Å². The largest absolute Gasteiger partial charge is 0.300 e. The molecule has 1 nitrogen and oxygen atoms in total. The summed E-state index contributed by atoms with van der Waals surface area (Å²) >= 11 is 0. The summed E-state index contributed by atoms with van der Waals surface area (Å²) in [5.41, 5.74) is 7.58. The fraction of sp³-hybridized carbons (Fsp3) is 0.130. The van der Waals surface area contributed by atoms with E-state index in [1.54, 1.807) is 0 Å². The number of rotatable bonds is 2. The van der Waals surface area contributed by atoms with Crippen molar-refractivity contribution in [1.29, 1.82) is 0 Å². The minimum atomic E-state index is -3.00. The second kappa shape index (κ2) is 7.14. The number of hydrogen-bond acceptors (Lipinski definition) is 1. The second-order valence-corrected chi connectivity index (χ2v) is 8.77. The molecule has 0 aromatic heterocycles. The SMILES string of the molecule is Cc1cc(C)c(C#CP(=O)(c2ccccc2)c2ccccc2)c(C)c1. The van der Waals surface area contributed by atoms with Crippen LogP contribution in [0.25, 0.3) is 0 Å². The van der Waals surface area contributed by atoms with Crippen molar-refractivity contribution in [1.82, 2.24) is 0 Å². The van der Waals surface area contributed by atoms with E-state index in [1.807, 2.05) is 60.7 Å². The van der Waals surface area contributed by atoms with Crippen LogP contribution in [-0.4, -0.2) is 0 Å². The van der Waals surface area contributed by atoms with Crippen LogP contribution in [0.4, 0.5) is 0 Å². The Balaban J connectivity index is 2.19. The van der Waals surface area contributed by atoms with E-state index in [4.69, 9.17) is 0 Å². The topological polar surface area (TPSA) is 17.1 Å². The highest BCUT2D eigenvalue weighted by molar-refractivity contribution is 7.83. The van der Waals surface area contributed by atoms with Gasteiger partial charge in [-0.2, -0.15) is 0 Å². The van der Waals surface area contributed by atoms with Crippen LogP contribution in [0.15, 0.2) is 72.8 Å². The molecule has 3 aromatic rings. The van der Waals surface area contributed by atoms with Crippen molar-refractivity contribution in [3.05, 3.63) is 95.1 Å². The molecule has 3 aromatic carbocycles. The standard InChI is InChI=1S/C23H21OP/c1-18-16-19(2)23(20(3)17-18)14-15-25(24,21-10-6-4-7-11-21)22-12-8-5-9-13-22/h4-13,16-17H,1-3H3. The maximum atomic E-state index is 13.9. The Morgan fingerprint density at radius 2 is 1.16 bits per heavy atom. The normalized spacial score (nSPS) is 10.8. The summed E-state index contributed by atoms with van der Waals surface area (Å²) in [5, 5.41) is 1.55. The molecule has 0 saturated carbocycles. The highest BCUT2D eigenvalue weighted by Crippen LogP contribution is 2.42. The van der Waals surface area contributed by atoms with Crippen molar-refractivity contribution in [2.75, 3.05) is 0 Å². The molecule has 0 aliphatic rings. The first-order valence-electron chi connectivity index (χ1n) is 8.33. The highest BCUT2D eigenvalue weighted by atomic mass is 31.2. The lowest BCUT2D eigenvalue weighted by Gasteiger charge is -2.13. The average molecular weight is 344 g/mol. The van der Waals surface area contributed by atoms with E-state index in [1.165, 1.54) is 5.56 Å². The molecule has 2 heteroatoms. The third-order valence-electron chi connectivity index (χ3n) is 4.25. The maximum Gasteiger partial charge on any atom is 0.211 e. The molecule has 124 valence electrons. The Bertz CT molecular complexity index is 926. The van der Waals surface area contributed by atoms with Crippen molar-refractivity contribution in [3.63, 3.8) is 0 Å². The Kier molecular flexibility index (Phi) is 4.93. The zero-order chi connectivity index (χ0) is 17.9. The summed E-state index contributed by atoms with van der Waals surface area (Å²) in [6, 6.07) is 23.3. The van der Waals surface area contributed by atoms with Crippen molar-refractivity contribution >= 4 is 17.8 Å². The molecule has 0 aliphatic heterocycles. The predicted octanol–water partition coefficient (Wildman–Crippen LogP) is 4.93. The van der Waals surface area contributed by atoms with Crippen molar-refractivity contribution in [2.45, 2.75) is 20.8 Å². The molecule has 0 N–H and O–H groups in total. The number of aryl methyl sites for hydroxylation is 3. The predicted molar refractivity (Wildman–Crippen MR) is 107 cm³/mol. The van der Waals surface area contributed by atoms with E-state index >= 15 is 0 Å². The van der Waals surface area contributed by atoms with Crippen molar-refractivity contribution in [3.8, 4) is 11.6 Å². The first kappa shape index (κ1) is 17.3. The summed E-state index contributed by atoms with van der Waals surface area (Å²) in [4.78, 5) is 0. The molecule has 0 heterocycles. The van der Waals surface area contributed by atoms with Gasteiger partial charge in [-0.05, 0) is 37.6 Å². The van der Waals surface area contributed by atoms with Crippen LogP contribution in [-0.2, 0) is 4.57 Å². The smallest absolute Gasteiger partial charge is 0.211 e. The quantitative estimate of drug-likeness (QED) is 0.476. The third kappa shape index (κ3) is 3.60. The van der Waals surface area contributed by atoms with Gasteiger partial charge in [0, 0.05) is 16.2 Å². The highest BCUT2D eigenvalue weighted by Gasteiger charge is 2.24. The van der Waals surface area contributed by atoms with Gasteiger partial charge in [0.05, 0.1) is 0 Å². The van der Waals surface area contributed by atoms with Gasteiger partial charge in [0.2, 0.25) is 7.14 Å². The van der Waals surface area contributed by atoms with Gasteiger partial charge in [-0.15, -0.1) is 0 Å². The summed E-state index contributed by atoms with van der Waals surface area (Å²) in [5.74, 6) is 3.23. The van der Waals surface area contributed by atoms with E-state index in [2.05, 4.69) is 44.5 Å². The molecular weight excluding hydrogens is 323 g/mol. The third-order valence-corrected chi connectivity index (χ3v) is 6.73. The minimum absolute atomic E-state index is 0.774. The van der Waals surface area contributed by atoms with Gasteiger partial charge in [0.1, 0.15) is 0 Å². The number of hydrogen-bond donors (Lipinski definition) is 0. The van der Waals surface area contributed by atoms with Crippen LogP contribution in [0.5, 0.6) is 0 Å². The minimum Gasteiger partial charge on any atom is -0.300 e. The van der Waals surface area contributed by atoms with Gasteiger partial charge in [0.25, 0.3) is 0 Å². The molecule has 3 rings (SSSR count). The molecule has 0 amide bonds. The molecule has 0 atom stereocenters. The first-order chi connectivity index (χ1) is 12.0. The molecule has 0 fully saturated rings. The Morgan fingerprint density at radius 1 is 0.720 bits per heavy atom. The van der Waals surface area contributed by atoms with Gasteiger partial charge in [-0.25, -0.2) is 0 Å². The van der Waals surface area contributed by atoms with Gasteiger partial charge >= 0.3 is 0 Å². The maximum absolute atomic E-state index is 13.9. The van der Waals surface area contributed by atoms with Crippen LogP contribution < -0.4 is 10.6 Å². The zero-order valence-electron chi connectivity index (χ0n) is 14.8. The molecule has 25 heavy (non-hydrogen) atoms. The molecule has 0 aliphatic carbocycles. The molecule has 0 bridgehead atoms. The second-order valence-electron chi connectivity index (χ2n) is 6.29. The van der Waals surface area contributed by atoms with Gasteiger partial charge < -0.3 is 0 Å². The van der Waals surface area contributed by atoms with Crippen LogP contribution in [0.3, 0.4) is 0 Å². The van der Waals surface area contributed by atoms with Gasteiger partial charge in [-0.3, -0.25) is 4.57 Å². The number of benzene rings is 3. The first-order valence-corrected chi connectivity index (χ1v) is 10.0. The van der Waals surface area contributed by atoms with E-state index in [9.17, 15) is 4.57 Å². The molecule has 0 saturated heterocycles. The van der Waals surface area contributed by atoms with Crippen LogP contribution in [0.2, 0.25) is 0 Å². The van der Waals surface area contributed by atoms with E-state index < -0.39 is 7.14 Å². The fourth-order valence-electron chi connectivity index (χ4n) is 3.07. The molecule has 0 unspecified atom stereocenters. The molecular formula is C23H21OP. The van der Waals surface area contributed by atoms with Gasteiger partial charge in [0.15, 0.2) is 0 Å². The fourth-order valence-corrected chi connectivity index (χ4v) is 5.08. The summed E-state index contributed by atoms with van der Waals surface area (Å²) in [7, 11) is -3.00.